The first-order chi connectivity index (χ1) is 11.0. The van der Waals surface area contributed by atoms with Crippen molar-refractivity contribution in [1.82, 2.24) is 0 Å². The first-order valence-electron chi connectivity index (χ1n) is 7.96. The van der Waals surface area contributed by atoms with Crippen molar-refractivity contribution in [3.8, 4) is 0 Å². The second kappa shape index (κ2) is 15.6. The molecule has 0 rings (SSSR count). The van der Waals surface area contributed by atoms with Gasteiger partial charge in [0.1, 0.15) is 0 Å². The molecule has 0 spiro atoms. The van der Waals surface area contributed by atoms with E-state index in [1.807, 2.05) is 20.8 Å². The van der Waals surface area contributed by atoms with E-state index in [1.54, 1.807) is 21.3 Å². The van der Waals surface area contributed by atoms with Gasteiger partial charge in [-0.15, -0.1) is 0 Å². The second-order valence-corrected chi connectivity index (χ2v) is 10.1. The van der Waals surface area contributed by atoms with Crippen LogP contribution >= 0.6 is 0 Å². The molecule has 0 aromatic rings. The summed E-state index contributed by atoms with van der Waals surface area (Å²) in [5.74, 6) is 0. The molecule has 0 heterocycles. The Kier molecular flexibility index (Phi) is 17.2. The van der Waals surface area contributed by atoms with Crippen molar-refractivity contribution in [1.29, 1.82) is 0 Å². The van der Waals surface area contributed by atoms with Gasteiger partial charge in [0.15, 0.2) is 0 Å². The van der Waals surface area contributed by atoms with Crippen LogP contribution in [0.2, 0.25) is 6.04 Å². The monoisotopic (exact) mass is 372 g/mol. The summed E-state index contributed by atoms with van der Waals surface area (Å²) in [6.07, 6.45) is 1.23. The Morgan fingerprint density at radius 1 is 0.696 bits per heavy atom. The average molecular weight is 373 g/mol. The number of hydrogen-bond acceptors (Lipinski definition) is 8. The Balaban J connectivity index is 0. The van der Waals surface area contributed by atoms with Crippen LogP contribution < -0.4 is 11.5 Å². The van der Waals surface area contributed by atoms with Crippen molar-refractivity contribution >= 4 is 17.6 Å². The molecule has 0 fully saturated rings. The van der Waals surface area contributed by atoms with Gasteiger partial charge in [0.25, 0.3) is 0 Å². The van der Waals surface area contributed by atoms with Gasteiger partial charge < -0.3 is 38.0 Å². The van der Waals surface area contributed by atoms with Gasteiger partial charge in [0.2, 0.25) is 0 Å². The minimum atomic E-state index is -2.49. The molecular weight excluding hydrogens is 336 g/mol. The van der Waals surface area contributed by atoms with Gasteiger partial charge in [0, 0.05) is 47.2 Å². The van der Waals surface area contributed by atoms with Gasteiger partial charge >= 0.3 is 17.6 Å². The molecule has 0 aliphatic rings. The molecule has 0 aliphatic carbocycles. The lowest BCUT2D eigenvalue weighted by Gasteiger charge is -2.26. The fourth-order valence-electron chi connectivity index (χ4n) is 1.84. The Hall–Kier alpha value is 0.114. The molecule has 0 atom stereocenters. The zero-order chi connectivity index (χ0) is 18.2. The molecule has 4 N–H and O–H groups in total. The SMILES string of the molecule is CCO[Si](CN)(OCC)OCC.CO[Si](CCCN)(OC)OC. The molecule has 0 bridgehead atoms. The molecule has 8 nitrogen and oxygen atoms in total. The van der Waals surface area contributed by atoms with Crippen LogP contribution in [0.5, 0.6) is 0 Å². The molecule has 142 valence electrons. The Labute approximate surface area is 143 Å². The van der Waals surface area contributed by atoms with Gasteiger partial charge in [-0.25, -0.2) is 0 Å². The van der Waals surface area contributed by atoms with E-state index in [2.05, 4.69) is 0 Å². The molecular formula is C13H36N2O6Si2. The molecule has 0 unspecified atom stereocenters. The molecule has 10 heteroatoms. The minimum Gasteiger partial charge on any atom is -0.377 e. The predicted molar refractivity (Wildman–Crippen MR) is 94.9 cm³/mol. The Morgan fingerprint density at radius 2 is 1.09 bits per heavy atom. The fourth-order valence-corrected chi connectivity index (χ4v) is 5.51. The van der Waals surface area contributed by atoms with Crippen molar-refractivity contribution in [2.45, 2.75) is 33.2 Å². The summed E-state index contributed by atoms with van der Waals surface area (Å²) in [6.45, 7) is 8.14. The molecule has 0 saturated heterocycles. The van der Waals surface area contributed by atoms with Gasteiger partial charge in [-0.3, -0.25) is 0 Å². The molecule has 0 saturated carbocycles. The zero-order valence-corrected chi connectivity index (χ0v) is 17.6. The van der Waals surface area contributed by atoms with Crippen LogP contribution in [0.25, 0.3) is 0 Å². The highest BCUT2D eigenvalue weighted by molar-refractivity contribution is 6.61. The lowest BCUT2D eigenvalue weighted by molar-refractivity contribution is 0.0728. The lowest BCUT2D eigenvalue weighted by Crippen LogP contribution is -2.52. The van der Waals surface area contributed by atoms with Crippen LogP contribution in [0, 0.1) is 0 Å². The predicted octanol–water partition coefficient (Wildman–Crippen LogP) is 0.746. The van der Waals surface area contributed by atoms with Gasteiger partial charge in [0.05, 0.1) is 6.17 Å². The van der Waals surface area contributed by atoms with E-state index in [0.29, 0.717) is 32.5 Å². The van der Waals surface area contributed by atoms with E-state index in [4.69, 9.17) is 38.0 Å². The van der Waals surface area contributed by atoms with E-state index in [0.717, 1.165) is 12.5 Å². The molecule has 0 amide bonds. The lowest BCUT2D eigenvalue weighted by atomic mass is 10.5. The van der Waals surface area contributed by atoms with Crippen LogP contribution in [-0.4, -0.2) is 71.5 Å². The summed E-state index contributed by atoms with van der Waals surface area (Å²) < 4.78 is 31.8. The highest BCUT2D eigenvalue weighted by Crippen LogP contribution is 2.13. The van der Waals surface area contributed by atoms with Crippen molar-refractivity contribution in [2.24, 2.45) is 11.5 Å². The fraction of sp³-hybridized carbons (Fsp3) is 1.00. The Bertz CT molecular complexity index is 235. The van der Waals surface area contributed by atoms with Crippen molar-refractivity contribution in [3.05, 3.63) is 0 Å². The first kappa shape index (κ1) is 25.4. The van der Waals surface area contributed by atoms with Gasteiger partial charge in [-0.2, -0.15) is 0 Å². The van der Waals surface area contributed by atoms with Gasteiger partial charge in [-0.1, -0.05) is 0 Å². The van der Waals surface area contributed by atoms with E-state index in [-0.39, 0.29) is 0 Å². The third kappa shape index (κ3) is 10.6. The summed E-state index contributed by atoms with van der Waals surface area (Å²) in [6, 6.07) is 0.785. The maximum atomic E-state index is 5.55. The Morgan fingerprint density at radius 3 is 1.30 bits per heavy atom. The second-order valence-electron chi connectivity index (χ2n) is 4.37. The number of hydrogen-bond donors (Lipinski definition) is 2. The van der Waals surface area contributed by atoms with Crippen molar-refractivity contribution in [2.75, 3.05) is 53.9 Å². The minimum absolute atomic E-state index is 0.350. The summed E-state index contributed by atoms with van der Waals surface area (Å²) in [5.41, 5.74) is 10.9. The summed E-state index contributed by atoms with van der Waals surface area (Å²) in [7, 11) is 0.0106. The van der Waals surface area contributed by atoms with E-state index >= 15 is 0 Å². The summed E-state index contributed by atoms with van der Waals surface area (Å²) in [4.78, 5) is 0. The highest BCUT2D eigenvalue weighted by Gasteiger charge is 2.38. The standard InChI is InChI=1S/C7H19NO3Si.C6H17NO3Si/c1-4-9-12(7-8,10-5-2)11-6-3;1-8-11(9-2,10-3)6-4-5-7/h4-8H2,1-3H3;4-7H2,1-3H3. The summed E-state index contributed by atoms with van der Waals surface area (Å²) >= 11 is 0. The number of nitrogens with two attached hydrogens (primary N) is 2. The third-order valence-electron chi connectivity index (χ3n) is 2.96. The van der Waals surface area contributed by atoms with Crippen molar-refractivity contribution in [3.63, 3.8) is 0 Å². The normalized spacial score (nSPS) is 12.0. The molecule has 0 aromatic carbocycles. The smallest absolute Gasteiger partial charge is 0.377 e. The topological polar surface area (TPSA) is 107 Å². The van der Waals surface area contributed by atoms with E-state index in [9.17, 15) is 0 Å². The third-order valence-corrected chi connectivity index (χ3v) is 8.48. The molecule has 23 heavy (non-hydrogen) atoms. The largest absolute Gasteiger partial charge is 0.515 e. The van der Waals surface area contributed by atoms with Crippen LogP contribution in [0.1, 0.15) is 27.2 Å². The zero-order valence-electron chi connectivity index (χ0n) is 15.6. The molecule has 0 aliphatic heterocycles. The maximum Gasteiger partial charge on any atom is 0.515 e. The van der Waals surface area contributed by atoms with Crippen molar-refractivity contribution < 1.29 is 26.6 Å². The first-order valence-corrected chi connectivity index (χ1v) is 11.8. The quantitative estimate of drug-likeness (QED) is 0.456. The van der Waals surface area contributed by atoms with Gasteiger partial charge in [-0.05, 0) is 33.7 Å². The van der Waals surface area contributed by atoms with Crippen LogP contribution in [0.4, 0.5) is 0 Å². The average Bonchev–Trinajstić information content (AvgIpc) is 2.58. The summed E-state index contributed by atoms with van der Waals surface area (Å²) in [5, 5.41) is 0. The molecule has 0 radical (unpaired) electrons. The highest BCUT2D eigenvalue weighted by atomic mass is 28.4. The number of rotatable bonds is 13. The molecule has 0 aromatic heterocycles. The van der Waals surface area contributed by atoms with E-state index < -0.39 is 17.6 Å². The maximum absolute atomic E-state index is 5.55. The van der Waals surface area contributed by atoms with Crippen LogP contribution in [0.15, 0.2) is 0 Å². The van der Waals surface area contributed by atoms with Crippen LogP contribution in [0.3, 0.4) is 0 Å². The van der Waals surface area contributed by atoms with Crippen LogP contribution in [-0.2, 0) is 26.6 Å². The van der Waals surface area contributed by atoms with E-state index in [1.165, 1.54) is 0 Å².